The van der Waals surface area contributed by atoms with Gasteiger partial charge in [0.25, 0.3) is 0 Å². The third-order valence-corrected chi connectivity index (χ3v) is 4.23. The highest BCUT2D eigenvalue weighted by molar-refractivity contribution is 5.94. The summed E-state index contributed by atoms with van der Waals surface area (Å²) < 4.78 is 0. The van der Waals surface area contributed by atoms with Gasteiger partial charge >= 0.3 is 0 Å². The second kappa shape index (κ2) is 8.49. The lowest BCUT2D eigenvalue weighted by Crippen LogP contribution is -2.31. The summed E-state index contributed by atoms with van der Waals surface area (Å²) in [6.07, 6.45) is 2.89. The van der Waals surface area contributed by atoms with Crippen LogP contribution in [0.5, 0.6) is 0 Å². The summed E-state index contributed by atoms with van der Waals surface area (Å²) in [6.45, 7) is 14.0. The predicted octanol–water partition coefficient (Wildman–Crippen LogP) is 6.00. The second-order valence-electron chi connectivity index (χ2n) is 5.76. The Morgan fingerprint density at radius 2 is 1.83 bits per heavy atom. The first kappa shape index (κ1) is 18.0. The van der Waals surface area contributed by atoms with E-state index in [0.29, 0.717) is 0 Å². The number of aliphatic imine (C=N–C) groups is 1. The molecule has 1 aliphatic heterocycles. The van der Waals surface area contributed by atoms with Crippen molar-refractivity contribution in [2.75, 3.05) is 18.0 Å². The second-order valence-corrected chi connectivity index (χ2v) is 5.76. The standard InChI is InChI=1S/C20H22N2.C2H6/c1-4-21-19-14-22(13-12-17(19)15(2)3)20-11-7-9-16-8-5-6-10-18(16)20;1-2/h4-11H,2,12-14H2,1,3H3;1-2H3. The molecule has 126 valence electrons. The van der Waals surface area contributed by atoms with Crippen LogP contribution >= 0.6 is 0 Å². The van der Waals surface area contributed by atoms with Crippen molar-refractivity contribution in [3.63, 3.8) is 0 Å². The fraction of sp³-hybridized carbons (Fsp3) is 0.318. The van der Waals surface area contributed by atoms with Crippen molar-refractivity contribution in [1.29, 1.82) is 0 Å². The first-order valence-electron chi connectivity index (χ1n) is 8.80. The first-order valence-corrected chi connectivity index (χ1v) is 8.80. The lowest BCUT2D eigenvalue weighted by atomic mass is 9.98. The Kier molecular flexibility index (Phi) is 6.36. The van der Waals surface area contributed by atoms with Gasteiger partial charge in [0.05, 0.1) is 12.2 Å². The molecule has 2 aromatic carbocycles. The van der Waals surface area contributed by atoms with E-state index in [1.807, 2.05) is 27.0 Å². The van der Waals surface area contributed by atoms with Crippen molar-refractivity contribution in [3.05, 3.63) is 65.9 Å². The Morgan fingerprint density at radius 3 is 2.54 bits per heavy atom. The van der Waals surface area contributed by atoms with Gasteiger partial charge in [-0.05, 0) is 37.3 Å². The summed E-state index contributed by atoms with van der Waals surface area (Å²) in [6, 6.07) is 15.1. The number of rotatable bonds is 3. The van der Waals surface area contributed by atoms with E-state index in [-0.39, 0.29) is 0 Å². The monoisotopic (exact) mass is 320 g/mol. The van der Waals surface area contributed by atoms with Crippen LogP contribution in [0, 0.1) is 0 Å². The van der Waals surface area contributed by atoms with E-state index in [1.165, 1.54) is 22.0 Å². The molecule has 0 aliphatic carbocycles. The van der Waals surface area contributed by atoms with Crippen molar-refractivity contribution in [2.24, 2.45) is 4.99 Å². The van der Waals surface area contributed by atoms with Gasteiger partial charge in [-0.1, -0.05) is 62.4 Å². The van der Waals surface area contributed by atoms with Crippen molar-refractivity contribution in [3.8, 4) is 0 Å². The molecule has 2 aromatic rings. The summed E-state index contributed by atoms with van der Waals surface area (Å²) in [7, 11) is 0. The number of benzene rings is 2. The normalized spacial score (nSPS) is 14.8. The predicted molar refractivity (Wildman–Crippen MR) is 108 cm³/mol. The molecule has 0 aromatic heterocycles. The van der Waals surface area contributed by atoms with Crippen LogP contribution in [0.15, 0.2) is 70.9 Å². The minimum atomic E-state index is 0.848. The summed E-state index contributed by atoms with van der Waals surface area (Å²) >= 11 is 0. The average molecular weight is 320 g/mol. The molecule has 2 heteroatoms. The van der Waals surface area contributed by atoms with Crippen LogP contribution in [-0.4, -0.2) is 19.3 Å². The maximum absolute atomic E-state index is 4.59. The van der Waals surface area contributed by atoms with E-state index in [1.54, 1.807) is 0 Å². The largest absolute Gasteiger partial charge is 0.365 e. The molecule has 3 rings (SSSR count). The molecule has 0 saturated carbocycles. The topological polar surface area (TPSA) is 15.6 Å². The van der Waals surface area contributed by atoms with Crippen LogP contribution in [-0.2, 0) is 0 Å². The molecule has 0 N–H and O–H groups in total. The number of anilines is 1. The Hall–Kier alpha value is -2.35. The lowest BCUT2D eigenvalue weighted by molar-refractivity contribution is 0.759. The van der Waals surface area contributed by atoms with E-state index in [2.05, 4.69) is 65.9 Å². The molecule has 0 spiro atoms. The zero-order valence-electron chi connectivity index (χ0n) is 15.3. The van der Waals surface area contributed by atoms with Gasteiger partial charge in [0.15, 0.2) is 0 Å². The molecule has 0 bridgehead atoms. The third kappa shape index (κ3) is 3.76. The average Bonchev–Trinajstić information content (AvgIpc) is 2.63. The highest BCUT2D eigenvalue weighted by Crippen LogP contribution is 2.32. The minimum Gasteiger partial charge on any atom is -0.365 e. The highest BCUT2D eigenvalue weighted by Gasteiger charge is 2.20. The fourth-order valence-corrected chi connectivity index (χ4v) is 3.17. The van der Waals surface area contributed by atoms with Crippen molar-refractivity contribution < 1.29 is 0 Å². The molecule has 0 fully saturated rings. The molecule has 2 nitrogen and oxygen atoms in total. The Bertz CT molecular complexity index is 763. The third-order valence-electron chi connectivity index (χ3n) is 4.23. The molecule has 1 heterocycles. The van der Waals surface area contributed by atoms with Gasteiger partial charge in [0.1, 0.15) is 0 Å². The molecule has 0 atom stereocenters. The molecular formula is C22H28N2. The van der Waals surface area contributed by atoms with Crippen LogP contribution < -0.4 is 4.90 Å². The van der Waals surface area contributed by atoms with Crippen LogP contribution in [0.25, 0.3) is 10.8 Å². The van der Waals surface area contributed by atoms with Crippen molar-refractivity contribution in [2.45, 2.75) is 34.1 Å². The molecule has 24 heavy (non-hydrogen) atoms. The molecule has 0 unspecified atom stereocenters. The summed E-state index contributed by atoms with van der Waals surface area (Å²) in [5, 5.41) is 2.60. The molecule has 0 radical (unpaired) electrons. The molecule has 0 amide bonds. The zero-order chi connectivity index (χ0) is 17.5. The van der Waals surface area contributed by atoms with E-state index in [0.717, 1.165) is 30.8 Å². The number of fused-ring (bicyclic) bond motifs is 1. The lowest BCUT2D eigenvalue weighted by Gasteiger charge is -2.32. The van der Waals surface area contributed by atoms with E-state index < -0.39 is 0 Å². The van der Waals surface area contributed by atoms with Crippen molar-refractivity contribution in [1.82, 2.24) is 0 Å². The quantitative estimate of drug-likeness (QED) is 0.633. The zero-order valence-corrected chi connectivity index (χ0v) is 15.3. The van der Waals surface area contributed by atoms with Gasteiger partial charge < -0.3 is 4.90 Å². The van der Waals surface area contributed by atoms with Gasteiger partial charge in [0, 0.05) is 23.8 Å². The Labute approximate surface area is 146 Å². The van der Waals surface area contributed by atoms with Gasteiger partial charge in [-0.2, -0.15) is 0 Å². The summed E-state index contributed by atoms with van der Waals surface area (Å²) in [5.74, 6) is 0. The SMILES string of the molecule is C=C(C)C1=C(N=CC)CN(c2cccc3ccccc23)CC1.CC. The molecule has 0 saturated heterocycles. The highest BCUT2D eigenvalue weighted by atomic mass is 15.1. The minimum absolute atomic E-state index is 0.848. The van der Waals surface area contributed by atoms with Gasteiger partial charge in [-0.15, -0.1) is 0 Å². The Balaban J connectivity index is 0.00000100. The number of allylic oxidation sites excluding steroid dienone is 1. The number of hydrogen-bond acceptors (Lipinski definition) is 2. The maximum Gasteiger partial charge on any atom is 0.0627 e. The van der Waals surface area contributed by atoms with Gasteiger partial charge in [-0.3, -0.25) is 4.99 Å². The van der Waals surface area contributed by atoms with Gasteiger partial charge in [-0.25, -0.2) is 0 Å². The summed E-state index contributed by atoms with van der Waals surface area (Å²) in [4.78, 5) is 7.02. The Morgan fingerprint density at radius 1 is 1.12 bits per heavy atom. The van der Waals surface area contributed by atoms with Crippen LogP contribution in [0.1, 0.15) is 34.1 Å². The summed E-state index contributed by atoms with van der Waals surface area (Å²) in [5.41, 5.74) is 4.89. The number of nitrogens with zero attached hydrogens (tertiary/aromatic N) is 2. The van der Waals surface area contributed by atoms with E-state index in [4.69, 9.17) is 0 Å². The van der Waals surface area contributed by atoms with Crippen molar-refractivity contribution >= 4 is 22.7 Å². The number of hydrogen-bond donors (Lipinski definition) is 0. The van der Waals surface area contributed by atoms with Gasteiger partial charge in [0.2, 0.25) is 0 Å². The molecular weight excluding hydrogens is 292 g/mol. The van der Waals surface area contributed by atoms with E-state index in [9.17, 15) is 0 Å². The van der Waals surface area contributed by atoms with Crippen LogP contribution in [0.2, 0.25) is 0 Å². The van der Waals surface area contributed by atoms with Crippen LogP contribution in [0.3, 0.4) is 0 Å². The molecule has 1 aliphatic rings. The van der Waals surface area contributed by atoms with Crippen LogP contribution in [0.4, 0.5) is 5.69 Å². The fourth-order valence-electron chi connectivity index (χ4n) is 3.17. The van der Waals surface area contributed by atoms with E-state index >= 15 is 0 Å². The smallest absolute Gasteiger partial charge is 0.0627 e. The first-order chi connectivity index (χ1) is 11.7. The maximum atomic E-state index is 4.59.